The van der Waals surface area contributed by atoms with Crippen LogP contribution < -0.4 is 0 Å². The Kier molecular flexibility index (Phi) is 2.70. The zero-order chi connectivity index (χ0) is 13.1. The van der Waals surface area contributed by atoms with Crippen LogP contribution in [0.15, 0.2) is 0 Å². The quantitative estimate of drug-likeness (QED) is 0.670. The second-order valence-corrected chi connectivity index (χ2v) is 7.93. The third-order valence-corrected chi connectivity index (χ3v) is 7.33. The van der Waals surface area contributed by atoms with Crippen LogP contribution in [0.1, 0.15) is 66.2 Å². The van der Waals surface area contributed by atoms with Crippen molar-refractivity contribution in [3.63, 3.8) is 0 Å². The van der Waals surface area contributed by atoms with Crippen molar-refractivity contribution in [3.05, 3.63) is 0 Å². The Hall–Kier alpha value is -0.330. The molecule has 1 spiro atoms. The minimum absolute atomic E-state index is 0.520. The van der Waals surface area contributed by atoms with Crippen molar-refractivity contribution in [1.82, 2.24) is 0 Å². The van der Waals surface area contributed by atoms with Gasteiger partial charge < -0.3 is 0 Å². The summed E-state index contributed by atoms with van der Waals surface area (Å²) >= 11 is 0. The van der Waals surface area contributed by atoms with Gasteiger partial charge in [0.1, 0.15) is 5.78 Å². The van der Waals surface area contributed by atoms with E-state index in [-0.39, 0.29) is 0 Å². The van der Waals surface area contributed by atoms with E-state index in [1.807, 2.05) is 0 Å². The Labute approximate surface area is 112 Å². The average Bonchev–Trinajstić information content (AvgIpc) is 2.34. The van der Waals surface area contributed by atoms with Crippen molar-refractivity contribution in [1.29, 1.82) is 0 Å². The lowest BCUT2D eigenvalue weighted by Crippen LogP contribution is -2.62. The molecule has 4 aliphatic carbocycles. The Balaban J connectivity index is 1.90. The first-order valence-electron chi connectivity index (χ1n) is 7.93. The molecule has 0 saturated heterocycles. The van der Waals surface area contributed by atoms with Crippen molar-refractivity contribution >= 4 is 5.78 Å². The number of hydrogen-bond acceptors (Lipinski definition) is 1. The molecule has 0 amide bonds. The van der Waals surface area contributed by atoms with Gasteiger partial charge in [0.2, 0.25) is 0 Å². The Morgan fingerprint density at radius 1 is 1.33 bits per heavy atom. The molecule has 5 unspecified atom stereocenters. The third kappa shape index (κ3) is 1.42. The molecule has 18 heavy (non-hydrogen) atoms. The molecule has 2 bridgehead atoms. The van der Waals surface area contributed by atoms with Crippen LogP contribution in [0.3, 0.4) is 0 Å². The lowest BCUT2D eigenvalue weighted by Gasteiger charge is -2.68. The summed E-state index contributed by atoms with van der Waals surface area (Å²) in [5, 5.41) is 0. The summed E-state index contributed by atoms with van der Waals surface area (Å²) in [6.45, 7) is 9.75. The molecule has 0 aromatic carbocycles. The predicted octanol–water partition coefficient (Wildman–Crippen LogP) is 4.45. The van der Waals surface area contributed by atoms with Gasteiger partial charge in [0.25, 0.3) is 0 Å². The molecule has 4 rings (SSSR count). The van der Waals surface area contributed by atoms with Gasteiger partial charge in [0.05, 0.1) is 0 Å². The summed E-state index contributed by atoms with van der Waals surface area (Å²) < 4.78 is 0. The molecule has 0 N–H and O–H groups in total. The summed E-state index contributed by atoms with van der Waals surface area (Å²) in [4.78, 5) is 11.8. The van der Waals surface area contributed by atoms with Crippen molar-refractivity contribution in [3.8, 4) is 0 Å². The monoisotopic (exact) mass is 248 g/mol. The summed E-state index contributed by atoms with van der Waals surface area (Å²) in [7, 11) is 0. The minimum Gasteiger partial charge on any atom is -0.300 e. The normalized spacial score (nSPS) is 50.1. The number of Topliss-reactive ketones (excluding diaryl/α,β-unsaturated/α-hetero) is 1. The molecule has 1 heteroatoms. The maximum absolute atomic E-state index is 11.8. The number of rotatable bonds is 1. The highest BCUT2D eigenvalue weighted by atomic mass is 16.1. The number of carbonyl (C=O) groups is 1. The van der Waals surface area contributed by atoms with Gasteiger partial charge in [0, 0.05) is 12.8 Å². The zero-order valence-corrected chi connectivity index (χ0v) is 12.5. The molecule has 0 heterocycles. The fourth-order valence-corrected chi connectivity index (χ4v) is 5.87. The van der Waals surface area contributed by atoms with Crippen LogP contribution in [-0.4, -0.2) is 5.78 Å². The second kappa shape index (κ2) is 3.84. The summed E-state index contributed by atoms with van der Waals surface area (Å²) in [6.07, 6.45) is 7.00. The second-order valence-electron chi connectivity index (χ2n) is 7.93. The molecule has 1 nitrogen and oxygen atoms in total. The SMILES string of the molecule is CCC1CC(=O)CCC12CC1CC(C2C)C1(C)C. The van der Waals surface area contributed by atoms with E-state index in [0.29, 0.717) is 22.5 Å². The van der Waals surface area contributed by atoms with E-state index in [1.165, 1.54) is 25.7 Å². The van der Waals surface area contributed by atoms with Gasteiger partial charge in [-0.2, -0.15) is 0 Å². The van der Waals surface area contributed by atoms with Gasteiger partial charge in [-0.25, -0.2) is 0 Å². The van der Waals surface area contributed by atoms with Crippen molar-refractivity contribution in [2.24, 2.45) is 34.5 Å². The molecule has 0 aromatic heterocycles. The fraction of sp³-hybridized carbons (Fsp3) is 0.941. The number of carbonyl (C=O) groups excluding carboxylic acids is 1. The van der Waals surface area contributed by atoms with E-state index in [2.05, 4.69) is 27.7 Å². The van der Waals surface area contributed by atoms with E-state index < -0.39 is 0 Å². The molecule has 0 aliphatic heterocycles. The highest BCUT2D eigenvalue weighted by molar-refractivity contribution is 5.79. The van der Waals surface area contributed by atoms with E-state index in [4.69, 9.17) is 0 Å². The van der Waals surface area contributed by atoms with Crippen LogP contribution in [0.5, 0.6) is 0 Å². The first-order chi connectivity index (χ1) is 8.41. The molecule has 0 radical (unpaired) electrons. The highest BCUT2D eigenvalue weighted by Gasteiger charge is 2.63. The maximum Gasteiger partial charge on any atom is 0.133 e. The molecule has 4 aliphatic rings. The van der Waals surface area contributed by atoms with Gasteiger partial charge in [-0.15, -0.1) is 0 Å². The average molecular weight is 248 g/mol. The maximum atomic E-state index is 11.8. The van der Waals surface area contributed by atoms with Crippen LogP contribution in [0, 0.1) is 34.5 Å². The lowest BCUT2D eigenvalue weighted by molar-refractivity contribution is -0.197. The fourth-order valence-electron chi connectivity index (χ4n) is 5.87. The van der Waals surface area contributed by atoms with E-state index in [1.54, 1.807) is 0 Å². The zero-order valence-electron chi connectivity index (χ0n) is 12.5. The van der Waals surface area contributed by atoms with Crippen molar-refractivity contribution in [2.75, 3.05) is 0 Å². The van der Waals surface area contributed by atoms with Gasteiger partial charge >= 0.3 is 0 Å². The highest BCUT2D eigenvalue weighted by Crippen LogP contribution is 2.70. The first-order valence-corrected chi connectivity index (χ1v) is 7.93. The molecule has 4 fully saturated rings. The smallest absolute Gasteiger partial charge is 0.133 e. The van der Waals surface area contributed by atoms with Crippen molar-refractivity contribution in [2.45, 2.75) is 66.2 Å². The van der Waals surface area contributed by atoms with E-state index >= 15 is 0 Å². The van der Waals surface area contributed by atoms with Gasteiger partial charge in [0.15, 0.2) is 0 Å². The number of hydrogen-bond donors (Lipinski definition) is 0. The lowest BCUT2D eigenvalue weighted by atomic mass is 9.36. The van der Waals surface area contributed by atoms with Crippen LogP contribution in [0.25, 0.3) is 0 Å². The minimum atomic E-state index is 0.520. The predicted molar refractivity (Wildman–Crippen MR) is 74.2 cm³/mol. The summed E-state index contributed by atoms with van der Waals surface area (Å²) in [5.74, 6) is 3.88. The molecule has 5 atom stereocenters. The van der Waals surface area contributed by atoms with Gasteiger partial charge in [-0.3, -0.25) is 4.79 Å². The van der Waals surface area contributed by atoms with Crippen LogP contribution >= 0.6 is 0 Å². The summed E-state index contributed by atoms with van der Waals surface area (Å²) in [5.41, 5.74) is 1.09. The Morgan fingerprint density at radius 2 is 2.06 bits per heavy atom. The Morgan fingerprint density at radius 3 is 2.61 bits per heavy atom. The molecular formula is C17H28O. The molecular weight excluding hydrogens is 220 g/mol. The summed E-state index contributed by atoms with van der Waals surface area (Å²) in [6, 6.07) is 0. The van der Waals surface area contributed by atoms with Crippen LogP contribution in [-0.2, 0) is 4.79 Å². The molecule has 0 aromatic rings. The topological polar surface area (TPSA) is 17.1 Å². The van der Waals surface area contributed by atoms with Crippen molar-refractivity contribution < 1.29 is 4.79 Å². The van der Waals surface area contributed by atoms with Crippen LogP contribution in [0.4, 0.5) is 0 Å². The largest absolute Gasteiger partial charge is 0.300 e. The van der Waals surface area contributed by atoms with Gasteiger partial charge in [-0.1, -0.05) is 34.1 Å². The Bertz CT molecular complexity index is 370. The van der Waals surface area contributed by atoms with Crippen LogP contribution in [0.2, 0.25) is 0 Å². The molecule has 4 saturated carbocycles. The van der Waals surface area contributed by atoms with E-state index in [9.17, 15) is 4.79 Å². The van der Waals surface area contributed by atoms with E-state index in [0.717, 1.165) is 30.6 Å². The molecule has 102 valence electrons. The standard InChI is InChI=1S/C17H28O/c1-5-12-8-14(18)6-7-17(12)10-13-9-15(11(17)2)16(13,3)4/h11-13,15H,5-10H2,1-4H3. The van der Waals surface area contributed by atoms with Gasteiger partial charge in [-0.05, 0) is 53.8 Å². The first kappa shape index (κ1) is 12.7. The third-order valence-electron chi connectivity index (χ3n) is 7.33. The number of ketones is 1.